The number of halogens is 3. The molecule has 0 aliphatic carbocycles. The Kier molecular flexibility index (Phi) is 5.71. The predicted octanol–water partition coefficient (Wildman–Crippen LogP) is 4.29. The summed E-state index contributed by atoms with van der Waals surface area (Å²) in [5.74, 6) is -0.528. The number of rotatable bonds is 4. The highest BCUT2D eigenvalue weighted by Crippen LogP contribution is 2.26. The van der Waals surface area contributed by atoms with Crippen LogP contribution in [0.15, 0.2) is 47.5 Å². The Morgan fingerprint density at radius 2 is 1.96 bits per heavy atom. The number of amidine groups is 1. The number of hydrogen-bond donors (Lipinski definition) is 0. The molecular formula is C18H15ClF2N2OS. The summed E-state index contributed by atoms with van der Waals surface area (Å²) in [6, 6.07) is 10.4. The Morgan fingerprint density at radius 3 is 2.68 bits per heavy atom. The van der Waals surface area contributed by atoms with E-state index in [-0.39, 0.29) is 24.0 Å². The van der Waals surface area contributed by atoms with Crippen molar-refractivity contribution in [2.45, 2.75) is 12.2 Å². The third kappa shape index (κ3) is 4.38. The van der Waals surface area contributed by atoms with Crippen LogP contribution in [-0.4, -0.2) is 29.1 Å². The topological polar surface area (TPSA) is 32.7 Å². The molecule has 0 bridgehead atoms. The fourth-order valence-electron chi connectivity index (χ4n) is 2.46. The number of hydrogen-bond acceptors (Lipinski definition) is 3. The molecule has 2 aromatic carbocycles. The summed E-state index contributed by atoms with van der Waals surface area (Å²) in [6.07, 6.45) is 0.167. The van der Waals surface area contributed by atoms with Gasteiger partial charge in [-0.1, -0.05) is 41.6 Å². The molecule has 0 radical (unpaired) electrons. The van der Waals surface area contributed by atoms with Gasteiger partial charge < -0.3 is 0 Å². The maximum atomic E-state index is 13.9. The highest BCUT2D eigenvalue weighted by Gasteiger charge is 2.24. The molecule has 0 fully saturated rings. The average Bonchev–Trinajstić information content (AvgIpc) is 3.05. The van der Waals surface area contributed by atoms with Gasteiger partial charge in [0.1, 0.15) is 11.6 Å². The molecule has 3 rings (SSSR count). The molecule has 1 amide bonds. The van der Waals surface area contributed by atoms with Gasteiger partial charge >= 0.3 is 0 Å². The molecule has 2 aromatic rings. The lowest BCUT2D eigenvalue weighted by Crippen LogP contribution is -2.34. The Labute approximate surface area is 153 Å². The third-order valence-electron chi connectivity index (χ3n) is 3.78. The number of nitrogens with zero attached hydrogens (tertiary/aromatic N) is 2. The fourth-order valence-corrected chi connectivity index (χ4v) is 3.87. The number of carbonyl (C=O) groups excluding carboxylic acids is 1. The van der Waals surface area contributed by atoms with Gasteiger partial charge in [0.2, 0.25) is 5.91 Å². The molecule has 130 valence electrons. The van der Waals surface area contributed by atoms with E-state index < -0.39 is 0 Å². The molecule has 0 aromatic heterocycles. The van der Waals surface area contributed by atoms with E-state index in [9.17, 15) is 13.6 Å². The first-order valence-corrected chi connectivity index (χ1v) is 9.06. The zero-order chi connectivity index (χ0) is 17.8. The maximum Gasteiger partial charge on any atom is 0.233 e. The van der Waals surface area contributed by atoms with Crippen LogP contribution in [0, 0.1) is 11.6 Å². The van der Waals surface area contributed by atoms with E-state index in [1.807, 2.05) is 0 Å². The lowest BCUT2D eigenvalue weighted by atomic mass is 10.1. The molecule has 25 heavy (non-hydrogen) atoms. The van der Waals surface area contributed by atoms with Crippen LogP contribution in [0.5, 0.6) is 0 Å². The SMILES string of the molecule is O=C(Cc1ccc(F)cc1)N1CCN=C1SCc1c(F)cccc1Cl. The summed E-state index contributed by atoms with van der Waals surface area (Å²) in [7, 11) is 0. The molecule has 0 saturated carbocycles. The first-order chi connectivity index (χ1) is 12.0. The van der Waals surface area contributed by atoms with E-state index in [0.717, 1.165) is 5.56 Å². The number of amides is 1. The second kappa shape index (κ2) is 7.97. The number of thioether (sulfide) groups is 1. The van der Waals surface area contributed by atoms with Gasteiger partial charge in [0.15, 0.2) is 5.17 Å². The highest BCUT2D eigenvalue weighted by atomic mass is 35.5. The Balaban J connectivity index is 1.64. The summed E-state index contributed by atoms with van der Waals surface area (Å²) in [5, 5.41) is 0.918. The van der Waals surface area contributed by atoms with Crippen LogP contribution in [0.1, 0.15) is 11.1 Å². The number of carbonyl (C=O) groups is 1. The molecular weight excluding hydrogens is 366 g/mol. The van der Waals surface area contributed by atoms with E-state index >= 15 is 0 Å². The average molecular weight is 381 g/mol. The third-order valence-corrected chi connectivity index (χ3v) is 5.17. The molecule has 0 unspecified atom stereocenters. The first-order valence-electron chi connectivity index (χ1n) is 7.69. The summed E-state index contributed by atoms with van der Waals surface area (Å²) in [6.45, 7) is 1.01. The van der Waals surface area contributed by atoms with E-state index in [0.29, 0.717) is 34.6 Å². The van der Waals surface area contributed by atoms with E-state index in [4.69, 9.17) is 11.6 Å². The molecule has 1 aliphatic rings. The molecule has 7 heteroatoms. The quantitative estimate of drug-likeness (QED) is 0.792. The normalized spacial score (nSPS) is 13.9. The van der Waals surface area contributed by atoms with Crippen molar-refractivity contribution in [1.29, 1.82) is 0 Å². The predicted molar refractivity (Wildman–Crippen MR) is 96.8 cm³/mol. The van der Waals surface area contributed by atoms with Crippen molar-refractivity contribution in [3.8, 4) is 0 Å². The maximum absolute atomic E-state index is 13.9. The summed E-state index contributed by atoms with van der Waals surface area (Å²) in [5.41, 5.74) is 1.13. The standard InChI is InChI=1S/C18H15ClF2N2OS/c19-15-2-1-3-16(21)14(15)11-25-18-22-8-9-23(18)17(24)10-12-4-6-13(20)7-5-12/h1-7H,8-11H2. The smallest absolute Gasteiger partial charge is 0.233 e. The van der Waals surface area contributed by atoms with E-state index in [1.165, 1.54) is 30.0 Å². The second-order valence-electron chi connectivity index (χ2n) is 5.50. The summed E-state index contributed by atoms with van der Waals surface area (Å²) in [4.78, 5) is 18.4. The van der Waals surface area contributed by atoms with E-state index in [2.05, 4.69) is 4.99 Å². The fraction of sp³-hybridized carbons (Fsp3) is 0.222. The molecule has 3 nitrogen and oxygen atoms in total. The Hall–Kier alpha value is -1.92. The van der Waals surface area contributed by atoms with Gasteiger partial charge in [-0.05, 0) is 29.8 Å². The minimum atomic E-state index is -0.372. The van der Waals surface area contributed by atoms with Crippen LogP contribution >= 0.6 is 23.4 Å². The van der Waals surface area contributed by atoms with Crippen LogP contribution in [0.2, 0.25) is 5.02 Å². The number of aliphatic imine (C=N–C) groups is 1. The Bertz CT molecular complexity index is 791. The van der Waals surface area contributed by atoms with Gasteiger partial charge in [-0.3, -0.25) is 14.7 Å². The molecule has 0 N–H and O–H groups in total. The Morgan fingerprint density at radius 1 is 1.20 bits per heavy atom. The van der Waals surface area contributed by atoms with Gasteiger partial charge in [0, 0.05) is 22.9 Å². The minimum absolute atomic E-state index is 0.116. The summed E-state index contributed by atoms with van der Waals surface area (Å²) < 4.78 is 26.8. The zero-order valence-electron chi connectivity index (χ0n) is 13.2. The largest absolute Gasteiger partial charge is 0.289 e. The monoisotopic (exact) mass is 380 g/mol. The van der Waals surface area contributed by atoms with Crippen molar-refractivity contribution in [3.05, 3.63) is 70.2 Å². The lowest BCUT2D eigenvalue weighted by molar-refractivity contribution is -0.126. The highest BCUT2D eigenvalue weighted by molar-refractivity contribution is 8.13. The van der Waals surface area contributed by atoms with Crippen molar-refractivity contribution >= 4 is 34.4 Å². The van der Waals surface area contributed by atoms with E-state index in [1.54, 1.807) is 29.2 Å². The van der Waals surface area contributed by atoms with Crippen molar-refractivity contribution in [2.24, 2.45) is 4.99 Å². The van der Waals surface area contributed by atoms with Crippen molar-refractivity contribution in [1.82, 2.24) is 4.90 Å². The van der Waals surface area contributed by atoms with Crippen LogP contribution in [0.3, 0.4) is 0 Å². The van der Waals surface area contributed by atoms with Gasteiger partial charge in [-0.25, -0.2) is 8.78 Å². The first kappa shape index (κ1) is 17.9. The molecule has 0 saturated heterocycles. The summed E-state index contributed by atoms with van der Waals surface area (Å²) >= 11 is 7.32. The molecule has 0 spiro atoms. The number of benzene rings is 2. The van der Waals surface area contributed by atoms with Gasteiger partial charge in [0.25, 0.3) is 0 Å². The van der Waals surface area contributed by atoms with Crippen LogP contribution in [0.4, 0.5) is 8.78 Å². The van der Waals surface area contributed by atoms with Crippen molar-refractivity contribution in [2.75, 3.05) is 13.1 Å². The van der Waals surface area contributed by atoms with Crippen molar-refractivity contribution < 1.29 is 13.6 Å². The lowest BCUT2D eigenvalue weighted by Gasteiger charge is -2.18. The van der Waals surface area contributed by atoms with Crippen molar-refractivity contribution in [3.63, 3.8) is 0 Å². The zero-order valence-corrected chi connectivity index (χ0v) is 14.8. The van der Waals surface area contributed by atoms with Crippen LogP contribution in [-0.2, 0) is 17.0 Å². The van der Waals surface area contributed by atoms with Crippen LogP contribution in [0.25, 0.3) is 0 Å². The molecule has 1 aliphatic heterocycles. The van der Waals surface area contributed by atoms with Crippen LogP contribution < -0.4 is 0 Å². The minimum Gasteiger partial charge on any atom is -0.289 e. The molecule has 1 heterocycles. The second-order valence-corrected chi connectivity index (χ2v) is 6.85. The van der Waals surface area contributed by atoms with Gasteiger partial charge in [-0.15, -0.1) is 0 Å². The molecule has 0 atom stereocenters. The van der Waals surface area contributed by atoms with Gasteiger partial charge in [-0.2, -0.15) is 0 Å². The van der Waals surface area contributed by atoms with Gasteiger partial charge in [0.05, 0.1) is 13.0 Å².